The molecule has 1 heterocycles. The number of aryl methyl sites for hydroxylation is 1. The second kappa shape index (κ2) is 5.61. The summed E-state index contributed by atoms with van der Waals surface area (Å²) in [4.78, 5) is 17.2. The third kappa shape index (κ3) is 2.77. The molecule has 0 unspecified atom stereocenters. The average molecular weight is 334 g/mol. The van der Waals surface area contributed by atoms with Gasteiger partial charge in [-0.1, -0.05) is 35.9 Å². The first-order valence-electron chi connectivity index (χ1n) is 7.63. The molecule has 0 aliphatic heterocycles. The van der Waals surface area contributed by atoms with Crippen LogP contribution < -0.4 is 0 Å². The fraction of sp³-hybridized carbons (Fsp3) is 0.333. The fourth-order valence-corrected chi connectivity index (χ4v) is 2.81. The third-order valence-electron chi connectivity index (χ3n) is 4.53. The van der Waals surface area contributed by atoms with Gasteiger partial charge < -0.3 is 4.90 Å². The lowest BCUT2D eigenvalue weighted by Crippen LogP contribution is -2.49. The molecule has 24 heavy (non-hydrogen) atoms. The molecule has 1 aromatic heterocycles. The van der Waals surface area contributed by atoms with E-state index in [-0.39, 0.29) is 18.5 Å². The normalized spacial score (nSPS) is 15.9. The summed E-state index contributed by atoms with van der Waals surface area (Å²) in [5.74, 6) is -0.708. The number of nitrogens with zero attached hydrogens (tertiary/aromatic N) is 2. The molecule has 1 aromatic carbocycles. The molecule has 0 saturated heterocycles. The largest absolute Gasteiger partial charge is 0.411 e. The Labute approximate surface area is 138 Å². The predicted octanol–water partition coefficient (Wildman–Crippen LogP) is 4.22. The highest BCUT2D eigenvalue weighted by Gasteiger charge is 2.67. The van der Waals surface area contributed by atoms with E-state index in [9.17, 15) is 18.0 Å². The van der Waals surface area contributed by atoms with Gasteiger partial charge in [0.2, 0.25) is 0 Å². The Morgan fingerprint density at radius 1 is 1.17 bits per heavy atom. The van der Waals surface area contributed by atoms with Gasteiger partial charge in [-0.05, 0) is 31.4 Å². The van der Waals surface area contributed by atoms with E-state index in [4.69, 9.17) is 0 Å². The monoisotopic (exact) mass is 334 g/mol. The van der Waals surface area contributed by atoms with Crippen molar-refractivity contribution >= 4 is 5.91 Å². The highest BCUT2D eigenvalue weighted by atomic mass is 19.4. The maximum absolute atomic E-state index is 13.1. The molecule has 2 aromatic rings. The molecular weight excluding hydrogens is 317 g/mol. The molecule has 1 aliphatic carbocycles. The van der Waals surface area contributed by atoms with Crippen molar-refractivity contribution in [3.8, 4) is 11.1 Å². The van der Waals surface area contributed by atoms with E-state index in [0.717, 1.165) is 21.6 Å². The van der Waals surface area contributed by atoms with Crippen molar-refractivity contribution in [1.29, 1.82) is 0 Å². The van der Waals surface area contributed by atoms with Gasteiger partial charge in [-0.25, -0.2) is 0 Å². The van der Waals surface area contributed by atoms with Crippen molar-refractivity contribution in [3.63, 3.8) is 0 Å². The topological polar surface area (TPSA) is 33.2 Å². The Kier molecular flexibility index (Phi) is 3.86. The van der Waals surface area contributed by atoms with Crippen molar-refractivity contribution in [2.45, 2.75) is 31.5 Å². The fourth-order valence-electron chi connectivity index (χ4n) is 2.81. The van der Waals surface area contributed by atoms with Crippen molar-refractivity contribution in [2.75, 3.05) is 7.05 Å². The molecule has 126 valence electrons. The number of aromatic nitrogens is 1. The lowest BCUT2D eigenvalue weighted by atomic mass is 10.0. The number of carbonyl (C=O) groups is 1. The molecule has 1 fully saturated rings. The number of alkyl halides is 3. The summed E-state index contributed by atoms with van der Waals surface area (Å²) >= 11 is 0. The summed E-state index contributed by atoms with van der Waals surface area (Å²) in [6.45, 7) is 1.97. The number of halogens is 3. The molecule has 0 spiro atoms. The summed E-state index contributed by atoms with van der Waals surface area (Å²) < 4.78 is 39.4. The Morgan fingerprint density at radius 3 is 2.38 bits per heavy atom. The zero-order valence-corrected chi connectivity index (χ0v) is 13.4. The lowest BCUT2D eigenvalue weighted by molar-refractivity contribution is -0.185. The summed E-state index contributed by atoms with van der Waals surface area (Å²) in [5.41, 5.74) is 0.845. The van der Waals surface area contributed by atoms with Gasteiger partial charge in [-0.2, -0.15) is 13.2 Å². The van der Waals surface area contributed by atoms with Gasteiger partial charge in [0.1, 0.15) is 11.2 Å². The van der Waals surface area contributed by atoms with Gasteiger partial charge in [0.15, 0.2) is 0 Å². The summed E-state index contributed by atoms with van der Waals surface area (Å²) in [7, 11) is 1.19. The summed E-state index contributed by atoms with van der Waals surface area (Å²) in [6, 6.07) is 11.0. The number of hydrogen-bond donors (Lipinski definition) is 0. The first kappa shape index (κ1) is 16.5. The van der Waals surface area contributed by atoms with Gasteiger partial charge in [0, 0.05) is 18.8 Å². The van der Waals surface area contributed by atoms with Crippen molar-refractivity contribution in [1.82, 2.24) is 9.88 Å². The molecule has 0 bridgehead atoms. The molecule has 1 aliphatic rings. The molecule has 3 nitrogen and oxygen atoms in total. The van der Waals surface area contributed by atoms with Crippen LogP contribution >= 0.6 is 0 Å². The highest BCUT2D eigenvalue weighted by molar-refractivity contribution is 5.93. The number of rotatable bonds is 3. The molecule has 6 heteroatoms. The molecule has 0 N–H and O–H groups in total. The van der Waals surface area contributed by atoms with Gasteiger partial charge in [0.25, 0.3) is 5.91 Å². The number of hydrogen-bond acceptors (Lipinski definition) is 2. The van der Waals surface area contributed by atoms with Crippen LogP contribution in [0.3, 0.4) is 0 Å². The van der Waals surface area contributed by atoms with Gasteiger partial charge in [-0.3, -0.25) is 9.78 Å². The van der Waals surface area contributed by atoms with E-state index >= 15 is 0 Å². The Hall–Kier alpha value is -2.37. The number of benzene rings is 1. The van der Waals surface area contributed by atoms with Crippen LogP contribution in [0.25, 0.3) is 11.1 Å². The second-order valence-electron chi connectivity index (χ2n) is 6.20. The quantitative estimate of drug-likeness (QED) is 0.842. The Morgan fingerprint density at radius 2 is 1.88 bits per heavy atom. The Balaban J connectivity index is 1.82. The van der Waals surface area contributed by atoms with Crippen LogP contribution in [-0.2, 0) is 0 Å². The van der Waals surface area contributed by atoms with Gasteiger partial charge in [0.05, 0.1) is 0 Å². The number of pyridine rings is 1. The molecule has 1 saturated carbocycles. The van der Waals surface area contributed by atoms with Crippen LogP contribution in [0, 0.1) is 6.92 Å². The molecule has 0 atom stereocenters. The zero-order valence-electron chi connectivity index (χ0n) is 13.4. The SMILES string of the molecule is Cc1cccc(-c2ccc(C(=O)N(C)C3(C(F)(F)F)CC3)nc2)c1. The Bertz CT molecular complexity index is 765. The maximum atomic E-state index is 13.1. The van der Waals surface area contributed by atoms with Crippen LogP contribution in [0.4, 0.5) is 13.2 Å². The molecule has 3 rings (SSSR count). The first-order chi connectivity index (χ1) is 11.2. The van der Waals surface area contributed by atoms with E-state index in [1.54, 1.807) is 6.07 Å². The highest BCUT2D eigenvalue weighted by Crippen LogP contribution is 2.53. The minimum atomic E-state index is -4.42. The maximum Gasteiger partial charge on any atom is 0.411 e. The predicted molar refractivity (Wildman–Crippen MR) is 84.5 cm³/mol. The third-order valence-corrected chi connectivity index (χ3v) is 4.53. The zero-order chi connectivity index (χ0) is 17.5. The average Bonchev–Trinajstić information content (AvgIpc) is 3.35. The van der Waals surface area contributed by atoms with E-state index in [1.807, 2.05) is 31.2 Å². The van der Waals surface area contributed by atoms with Crippen molar-refractivity contribution in [2.24, 2.45) is 0 Å². The molecule has 0 radical (unpaired) electrons. The minimum absolute atomic E-state index is 0.0180. The van der Waals surface area contributed by atoms with E-state index in [0.29, 0.717) is 0 Å². The van der Waals surface area contributed by atoms with E-state index < -0.39 is 17.6 Å². The van der Waals surface area contributed by atoms with Gasteiger partial charge >= 0.3 is 6.18 Å². The van der Waals surface area contributed by atoms with E-state index in [2.05, 4.69) is 4.98 Å². The van der Waals surface area contributed by atoms with Crippen molar-refractivity contribution < 1.29 is 18.0 Å². The standard InChI is InChI=1S/C18H17F3N2O/c1-12-4-3-5-13(10-12)14-6-7-15(22-11-14)16(24)23(2)17(8-9-17)18(19,20)21/h3-7,10-11H,8-9H2,1-2H3. The first-order valence-corrected chi connectivity index (χ1v) is 7.63. The van der Waals surface area contributed by atoms with Crippen LogP contribution in [0.15, 0.2) is 42.6 Å². The lowest BCUT2D eigenvalue weighted by Gasteiger charge is -2.29. The number of carbonyl (C=O) groups excluding carboxylic acids is 1. The number of amides is 1. The van der Waals surface area contributed by atoms with Crippen LogP contribution in [0.2, 0.25) is 0 Å². The summed E-state index contributed by atoms with van der Waals surface area (Å²) in [5, 5.41) is 0. The van der Waals surface area contributed by atoms with E-state index in [1.165, 1.54) is 19.3 Å². The van der Waals surface area contributed by atoms with Crippen LogP contribution in [-0.4, -0.2) is 34.6 Å². The van der Waals surface area contributed by atoms with Crippen LogP contribution in [0.5, 0.6) is 0 Å². The smallest absolute Gasteiger partial charge is 0.326 e. The minimum Gasteiger partial charge on any atom is -0.326 e. The molecular formula is C18H17F3N2O. The van der Waals surface area contributed by atoms with Gasteiger partial charge in [-0.15, -0.1) is 0 Å². The second-order valence-corrected chi connectivity index (χ2v) is 6.20. The summed E-state index contributed by atoms with van der Waals surface area (Å²) in [6.07, 6.45) is -3.01. The van der Waals surface area contributed by atoms with Crippen LogP contribution in [0.1, 0.15) is 28.9 Å². The van der Waals surface area contributed by atoms with Crippen molar-refractivity contribution in [3.05, 3.63) is 53.9 Å². The molecule has 1 amide bonds.